The van der Waals surface area contributed by atoms with Crippen molar-refractivity contribution >= 4 is 41.6 Å². The summed E-state index contributed by atoms with van der Waals surface area (Å²) in [6.45, 7) is 0.624. The van der Waals surface area contributed by atoms with Crippen molar-refractivity contribution in [1.82, 2.24) is 20.0 Å². The van der Waals surface area contributed by atoms with Crippen LogP contribution in [0.25, 0.3) is 0 Å². The minimum atomic E-state index is -1.69. The van der Waals surface area contributed by atoms with Crippen LogP contribution >= 0.6 is 0 Å². The van der Waals surface area contributed by atoms with E-state index in [0.29, 0.717) is 16.0 Å². The van der Waals surface area contributed by atoms with Crippen molar-refractivity contribution in [1.29, 1.82) is 0 Å². The Balaban J connectivity index is 1.62. The highest BCUT2D eigenvalue weighted by atomic mass is 16.4. The van der Waals surface area contributed by atoms with Crippen molar-refractivity contribution in [3.63, 3.8) is 0 Å². The van der Waals surface area contributed by atoms with Crippen molar-refractivity contribution in [2.75, 3.05) is 13.6 Å². The van der Waals surface area contributed by atoms with E-state index in [0.717, 1.165) is 11.9 Å². The van der Waals surface area contributed by atoms with Crippen LogP contribution < -0.4 is 11.1 Å². The number of imide groups is 1. The Morgan fingerprint density at radius 2 is 1.47 bits per heavy atom. The maximum absolute atomic E-state index is 14.0. The van der Waals surface area contributed by atoms with Gasteiger partial charge in [0, 0.05) is 19.2 Å². The maximum Gasteiger partial charge on any atom is 0.330 e. The van der Waals surface area contributed by atoms with E-state index >= 15 is 0 Å². The van der Waals surface area contributed by atoms with Gasteiger partial charge in [0.25, 0.3) is 5.91 Å². The Kier molecular flexibility index (Phi) is 10.0. The normalized spacial score (nSPS) is 17.1. The highest BCUT2D eigenvalue weighted by molar-refractivity contribution is 6.09. The number of likely N-dealkylation sites (N-methyl/N-ethyl adjacent to an activating group) is 1. The van der Waals surface area contributed by atoms with E-state index < -0.39 is 72.2 Å². The van der Waals surface area contributed by atoms with Crippen LogP contribution in [0.5, 0.6) is 0 Å². The van der Waals surface area contributed by atoms with Gasteiger partial charge in [-0.25, -0.2) is 9.59 Å². The molecule has 2 unspecified atom stereocenters. The summed E-state index contributed by atoms with van der Waals surface area (Å²) in [5.41, 5.74) is 5.14. The summed E-state index contributed by atoms with van der Waals surface area (Å²) in [7, 11) is 1.13. The SMILES string of the molecule is CN(C(=O)CN1C(=O)N(Cc2ccccc2)C(C)(c2ccc(C(N)=O)cc2)C1=O)C(CC(=O)O)C(=O)N[C@H](C(=O)O)c1ccccc1. The first-order valence-electron chi connectivity index (χ1n) is 14.4. The number of carboxylic acids is 2. The summed E-state index contributed by atoms with van der Waals surface area (Å²) in [6, 6.07) is 18.2. The first-order chi connectivity index (χ1) is 22.2. The molecule has 1 aliphatic rings. The van der Waals surface area contributed by atoms with Crippen LogP contribution in [0, 0.1) is 0 Å². The zero-order valence-corrected chi connectivity index (χ0v) is 25.5. The van der Waals surface area contributed by atoms with Crippen molar-refractivity contribution in [3.8, 4) is 0 Å². The van der Waals surface area contributed by atoms with E-state index in [1.807, 2.05) is 0 Å². The Bertz CT molecular complexity index is 1700. The van der Waals surface area contributed by atoms with E-state index in [9.17, 15) is 43.8 Å². The number of hydrogen-bond acceptors (Lipinski definition) is 7. The molecule has 3 aromatic rings. The topological polar surface area (TPSA) is 208 Å². The lowest BCUT2D eigenvalue weighted by Crippen LogP contribution is -2.53. The third kappa shape index (κ3) is 7.11. The standard InChI is InChI=1S/C33H33N5O9/c1-33(23-15-13-22(14-16-23)28(34)42)31(46)37(32(47)38(33)18-20-9-5-3-6-10-20)19-25(39)36(2)24(17-26(40)41)29(43)35-27(30(44)45)21-11-7-4-8-12-21/h3-16,24,27H,17-19H2,1-2H3,(H2,34,42)(H,35,43)(H,40,41)(H,44,45)/t24?,27-,33?/m0/s1. The quantitative estimate of drug-likeness (QED) is 0.200. The van der Waals surface area contributed by atoms with Crippen LogP contribution in [-0.4, -0.2) is 86.1 Å². The van der Waals surface area contributed by atoms with Crippen LogP contribution in [0.1, 0.15) is 46.4 Å². The second-order valence-electron chi connectivity index (χ2n) is 11.1. The number of carbonyl (C=O) groups is 7. The Morgan fingerprint density at radius 3 is 2.00 bits per heavy atom. The van der Waals surface area contributed by atoms with Gasteiger partial charge in [-0.05, 0) is 35.7 Å². The largest absolute Gasteiger partial charge is 0.481 e. The van der Waals surface area contributed by atoms with Crippen molar-refractivity contribution in [2.24, 2.45) is 5.73 Å². The molecule has 0 saturated carbocycles. The molecule has 5 N–H and O–H groups in total. The fourth-order valence-corrected chi connectivity index (χ4v) is 5.33. The number of nitrogens with one attached hydrogen (secondary N) is 1. The van der Waals surface area contributed by atoms with E-state index in [4.69, 9.17) is 5.73 Å². The van der Waals surface area contributed by atoms with Gasteiger partial charge >= 0.3 is 18.0 Å². The summed E-state index contributed by atoms with van der Waals surface area (Å²) < 4.78 is 0. The average molecular weight is 644 g/mol. The predicted octanol–water partition coefficient (Wildman–Crippen LogP) is 1.71. The number of rotatable bonds is 13. The molecule has 1 heterocycles. The van der Waals surface area contributed by atoms with E-state index in [-0.39, 0.29) is 17.7 Å². The molecular weight excluding hydrogens is 610 g/mol. The second-order valence-corrected chi connectivity index (χ2v) is 11.1. The van der Waals surface area contributed by atoms with E-state index in [2.05, 4.69) is 5.32 Å². The highest BCUT2D eigenvalue weighted by Gasteiger charge is 2.56. The Hall–Kier alpha value is -6.05. The van der Waals surface area contributed by atoms with Crippen LogP contribution in [-0.2, 0) is 36.1 Å². The molecule has 3 aromatic carbocycles. The van der Waals surface area contributed by atoms with Gasteiger partial charge < -0.3 is 31.1 Å². The van der Waals surface area contributed by atoms with E-state index in [1.165, 1.54) is 48.2 Å². The van der Waals surface area contributed by atoms with Crippen molar-refractivity contribution < 1.29 is 43.8 Å². The van der Waals surface area contributed by atoms with Crippen LogP contribution in [0.15, 0.2) is 84.9 Å². The molecule has 1 saturated heterocycles. The molecule has 0 spiro atoms. The minimum absolute atomic E-state index is 0.0277. The summed E-state index contributed by atoms with van der Waals surface area (Å²) in [5, 5.41) is 21.5. The van der Waals surface area contributed by atoms with Gasteiger partial charge in [0.15, 0.2) is 6.04 Å². The molecule has 4 rings (SSSR count). The van der Waals surface area contributed by atoms with Crippen LogP contribution in [0.4, 0.5) is 4.79 Å². The van der Waals surface area contributed by atoms with Gasteiger partial charge in [0.1, 0.15) is 18.1 Å². The summed E-state index contributed by atoms with van der Waals surface area (Å²) in [4.78, 5) is 92.8. The molecule has 14 nitrogen and oxygen atoms in total. The molecule has 14 heteroatoms. The molecule has 6 amide bonds. The zero-order valence-electron chi connectivity index (χ0n) is 25.5. The summed E-state index contributed by atoms with van der Waals surface area (Å²) in [6.07, 6.45) is -0.888. The first kappa shape index (κ1) is 33.8. The number of aliphatic carboxylic acids is 2. The van der Waals surface area contributed by atoms with Gasteiger partial charge in [-0.1, -0.05) is 72.8 Å². The Morgan fingerprint density at radius 1 is 0.894 bits per heavy atom. The van der Waals surface area contributed by atoms with E-state index in [1.54, 1.807) is 48.5 Å². The number of primary amides is 1. The maximum atomic E-state index is 14.0. The number of nitrogens with two attached hydrogens (primary N) is 1. The molecule has 0 aliphatic carbocycles. The molecule has 47 heavy (non-hydrogen) atoms. The molecular formula is C33H33N5O9. The molecule has 244 valence electrons. The predicted molar refractivity (Wildman–Crippen MR) is 165 cm³/mol. The number of amides is 6. The number of carbonyl (C=O) groups excluding carboxylic acids is 5. The number of urea groups is 1. The van der Waals surface area contributed by atoms with Crippen molar-refractivity contribution in [3.05, 3.63) is 107 Å². The third-order valence-electron chi connectivity index (χ3n) is 8.07. The Labute approximate surface area is 269 Å². The summed E-state index contributed by atoms with van der Waals surface area (Å²) >= 11 is 0. The lowest BCUT2D eigenvalue weighted by Gasteiger charge is -2.32. The summed E-state index contributed by atoms with van der Waals surface area (Å²) in [5.74, 6) is -6.35. The minimum Gasteiger partial charge on any atom is -0.481 e. The van der Waals surface area contributed by atoms with Gasteiger partial charge in [-0.2, -0.15) is 0 Å². The monoisotopic (exact) mass is 643 g/mol. The number of nitrogens with zero attached hydrogens (tertiary/aromatic N) is 3. The molecule has 0 aromatic heterocycles. The van der Waals surface area contributed by atoms with Gasteiger partial charge in [0.05, 0.1) is 6.42 Å². The fourth-order valence-electron chi connectivity index (χ4n) is 5.33. The molecule has 1 aliphatic heterocycles. The number of carboxylic acid groups (broad SMARTS) is 2. The zero-order chi connectivity index (χ0) is 34.5. The van der Waals surface area contributed by atoms with Gasteiger partial charge in [-0.15, -0.1) is 0 Å². The van der Waals surface area contributed by atoms with Crippen LogP contribution in [0.2, 0.25) is 0 Å². The molecule has 1 fully saturated rings. The number of hydrogen-bond donors (Lipinski definition) is 4. The van der Waals surface area contributed by atoms with Gasteiger partial charge in [-0.3, -0.25) is 28.9 Å². The fraction of sp³-hybridized carbons (Fsp3) is 0.242. The lowest BCUT2D eigenvalue weighted by atomic mass is 9.89. The lowest BCUT2D eigenvalue weighted by molar-refractivity contribution is -0.148. The molecule has 0 radical (unpaired) electrons. The first-order valence-corrected chi connectivity index (χ1v) is 14.4. The van der Waals surface area contributed by atoms with Gasteiger partial charge in [0.2, 0.25) is 17.7 Å². The smallest absolute Gasteiger partial charge is 0.330 e. The average Bonchev–Trinajstić information content (AvgIpc) is 3.23. The third-order valence-corrected chi connectivity index (χ3v) is 8.07. The number of benzene rings is 3. The molecule has 3 atom stereocenters. The van der Waals surface area contributed by atoms with Crippen molar-refractivity contribution in [2.45, 2.75) is 37.5 Å². The highest BCUT2D eigenvalue weighted by Crippen LogP contribution is 2.38. The van der Waals surface area contributed by atoms with Crippen LogP contribution in [0.3, 0.4) is 0 Å². The molecule has 0 bridgehead atoms. The second kappa shape index (κ2) is 13.9.